The molecule has 0 aromatic heterocycles. The number of amides is 3. The summed E-state index contributed by atoms with van der Waals surface area (Å²) in [6, 6.07) is 16.1. The van der Waals surface area contributed by atoms with Crippen molar-refractivity contribution in [2.45, 2.75) is 64.5 Å². The summed E-state index contributed by atoms with van der Waals surface area (Å²) in [5.74, 6) is 0.732. The number of piperidine rings is 1. The SMILES string of the molecule is CCOC(=O)Cc1cccc(C(CCc2ccc(OC)cc2)N2CCC3(CC2)NC(=O)N(CC(C)C)C3=O)c1. The van der Waals surface area contributed by atoms with Gasteiger partial charge in [0.2, 0.25) is 0 Å². The number of methoxy groups -OCH3 is 1. The van der Waals surface area contributed by atoms with E-state index in [9.17, 15) is 14.4 Å². The molecule has 2 heterocycles. The van der Waals surface area contributed by atoms with Crippen LogP contribution in [0, 0.1) is 5.92 Å². The van der Waals surface area contributed by atoms with Gasteiger partial charge in [-0.1, -0.05) is 50.2 Å². The van der Waals surface area contributed by atoms with Gasteiger partial charge in [0.15, 0.2) is 0 Å². The summed E-state index contributed by atoms with van der Waals surface area (Å²) in [6.45, 7) is 8.02. The normalized spacial score (nSPS) is 17.9. The monoisotopic (exact) mass is 535 g/mol. The summed E-state index contributed by atoms with van der Waals surface area (Å²) >= 11 is 0. The number of nitrogens with one attached hydrogen (secondary N) is 1. The Bertz CT molecular complexity index is 1160. The zero-order valence-electron chi connectivity index (χ0n) is 23.6. The average molecular weight is 536 g/mol. The molecule has 1 atom stereocenters. The first-order valence-corrected chi connectivity index (χ1v) is 14.0. The number of hydrogen-bond acceptors (Lipinski definition) is 6. The van der Waals surface area contributed by atoms with Crippen LogP contribution >= 0.6 is 0 Å². The van der Waals surface area contributed by atoms with Crippen molar-refractivity contribution in [1.82, 2.24) is 15.1 Å². The maximum absolute atomic E-state index is 13.3. The minimum atomic E-state index is -0.811. The van der Waals surface area contributed by atoms with E-state index in [1.165, 1.54) is 10.5 Å². The minimum Gasteiger partial charge on any atom is -0.497 e. The van der Waals surface area contributed by atoms with Crippen LogP contribution in [0.5, 0.6) is 5.75 Å². The van der Waals surface area contributed by atoms with Crippen molar-refractivity contribution in [3.8, 4) is 5.75 Å². The zero-order chi connectivity index (χ0) is 28.0. The maximum Gasteiger partial charge on any atom is 0.325 e. The molecule has 8 nitrogen and oxygen atoms in total. The molecule has 0 aliphatic carbocycles. The first-order valence-electron chi connectivity index (χ1n) is 14.0. The third-order valence-corrected chi connectivity index (χ3v) is 7.74. The van der Waals surface area contributed by atoms with E-state index < -0.39 is 5.54 Å². The number of ether oxygens (including phenoxy) is 2. The quantitative estimate of drug-likeness (QED) is 0.336. The first-order chi connectivity index (χ1) is 18.7. The number of nitrogens with zero attached hydrogens (tertiary/aromatic N) is 2. The largest absolute Gasteiger partial charge is 0.497 e. The number of imide groups is 1. The van der Waals surface area contributed by atoms with Gasteiger partial charge in [-0.25, -0.2) is 4.79 Å². The Morgan fingerprint density at radius 1 is 1.05 bits per heavy atom. The van der Waals surface area contributed by atoms with Crippen LogP contribution < -0.4 is 10.1 Å². The zero-order valence-corrected chi connectivity index (χ0v) is 23.6. The number of carbonyl (C=O) groups is 3. The predicted molar refractivity (Wildman–Crippen MR) is 149 cm³/mol. The van der Waals surface area contributed by atoms with E-state index in [-0.39, 0.29) is 36.3 Å². The van der Waals surface area contributed by atoms with Gasteiger partial charge in [-0.05, 0) is 67.3 Å². The fraction of sp³-hybridized carbons (Fsp3) is 0.516. The molecule has 39 heavy (non-hydrogen) atoms. The van der Waals surface area contributed by atoms with Crippen LogP contribution in [-0.4, -0.2) is 66.6 Å². The Morgan fingerprint density at radius 2 is 1.77 bits per heavy atom. The molecule has 4 rings (SSSR count). The molecule has 0 bridgehead atoms. The second-order valence-electron chi connectivity index (χ2n) is 11.0. The molecule has 210 valence electrons. The molecule has 0 saturated carbocycles. The summed E-state index contributed by atoms with van der Waals surface area (Å²) in [5.41, 5.74) is 2.48. The standard InChI is InChI=1S/C31H41N3O5/c1-5-39-28(35)20-24-7-6-8-25(19-24)27(14-11-23-9-12-26(38-4)13-10-23)33-17-15-31(16-18-33)29(36)34(21-22(2)3)30(37)32-31/h6-10,12-13,19,22,27H,5,11,14-18,20-21H2,1-4H3,(H,32,37). The van der Waals surface area contributed by atoms with Gasteiger partial charge in [-0.2, -0.15) is 0 Å². The number of hydrogen-bond donors (Lipinski definition) is 1. The van der Waals surface area contributed by atoms with Crippen LogP contribution in [0.15, 0.2) is 48.5 Å². The summed E-state index contributed by atoms with van der Waals surface area (Å²) < 4.78 is 10.5. The van der Waals surface area contributed by atoms with Crippen molar-refractivity contribution in [3.63, 3.8) is 0 Å². The third kappa shape index (κ3) is 6.79. The van der Waals surface area contributed by atoms with Gasteiger partial charge in [0.1, 0.15) is 11.3 Å². The molecule has 2 saturated heterocycles. The van der Waals surface area contributed by atoms with Crippen LogP contribution in [0.3, 0.4) is 0 Å². The van der Waals surface area contributed by atoms with E-state index in [1.54, 1.807) is 7.11 Å². The molecular weight excluding hydrogens is 494 g/mol. The number of esters is 1. The van der Waals surface area contributed by atoms with Crippen LogP contribution in [0.1, 0.15) is 62.8 Å². The lowest BCUT2D eigenvalue weighted by Crippen LogP contribution is -2.55. The van der Waals surface area contributed by atoms with Gasteiger partial charge in [0, 0.05) is 25.7 Å². The lowest BCUT2D eigenvalue weighted by Gasteiger charge is -2.41. The van der Waals surface area contributed by atoms with Gasteiger partial charge >= 0.3 is 12.0 Å². The Balaban J connectivity index is 1.52. The number of urea groups is 1. The minimum absolute atomic E-state index is 0.0907. The molecule has 1 N–H and O–H groups in total. The summed E-state index contributed by atoms with van der Waals surface area (Å²) in [6.07, 6.45) is 3.14. The number of likely N-dealkylation sites (tertiary alicyclic amines) is 1. The predicted octanol–water partition coefficient (Wildman–Crippen LogP) is 4.52. The summed E-state index contributed by atoms with van der Waals surface area (Å²) in [4.78, 5) is 41.9. The van der Waals surface area contributed by atoms with Crippen molar-refractivity contribution in [2.24, 2.45) is 5.92 Å². The molecule has 2 aliphatic rings. The van der Waals surface area contributed by atoms with E-state index in [0.29, 0.717) is 39.1 Å². The number of carbonyl (C=O) groups excluding carboxylic acids is 3. The van der Waals surface area contributed by atoms with Crippen LogP contribution in [0.4, 0.5) is 4.79 Å². The number of benzene rings is 2. The summed E-state index contributed by atoms with van der Waals surface area (Å²) in [7, 11) is 1.66. The highest BCUT2D eigenvalue weighted by Crippen LogP contribution is 2.35. The smallest absolute Gasteiger partial charge is 0.325 e. The molecule has 2 aromatic carbocycles. The van der Waals surface area contributed by atoms with Crippen molar-refractivity contribution < 1.29 is 23.9 Å². The highest BCUT2D eigenvalue weighted by atomic mass is 16.5. The van der Waals surface area contributed by atoms with Crippen LogP contribution in [0.2, 0.25) is 0 Å². The molecule has 8 heteroatoms. The maximum atomic E-state index is 13.3. The molecule has 3 amide bonds. The van der Waals surface area contributed by atoms with E-state index >= 15 is 0 Å². The first kappa shape index (κ1) is 28.6. The van der Waals surface area contributed by atoms with Crippen molar-refractivity contribution in [2.75, 3.05) is 33.4 Å². The lowest BCUT2D eigenvalue weighted by atomic mass is 9.85. The molecule has 2 fully saturated rings. The number of rotatable bonds is 11. The van der Waals surface area contributed by atoms with Crippen molar-refractivity contribution >= 4 is 17.9 Å². The van der Waals surface area contributed by atoms with Crippen LogP contribution in [-0.2, 0) is 27.2 Å². The lowest BCUT2D eigenvalue weighted by molar-refractivity contribution is -0.142. The topological polar surface area (TPSA) is 88.2 Å². The molecule has 0 radical (unpaired) electrons. The Kier molecular flexibility index (Phi) is 9.28. The van der Waals surface area contributed by atoms with E-state index in [2.05, 4.69) is 34.5 Å². The molecule has 1 spiro atoms. The molecule has 2 aliphatic heterocycles. The van der Waals surface area contributed by atoms with E-state index in [0.717, 1.165) is 29.7 Å². The van der Waals surface area contributed by atoms with E-state index in [4.69, 9.17) is 9.47 Å². The van der Waals surface area contributed by atoms with Crippen LogP contribution in [0.25, 0.3) is 0 Å². The Morgan fingerprint density at radius 3 is 2.41 bits per heavy atom. The van der Waals surface area contributed by atoms with Gasteiger partial charge in [-0.3, -0.25) is 19.4 Å². The van der Waals surface area contributed by atoms with Crippen molar-refractivity contribution in [1.29, 1.82) is 0 Å². The molecular formula is C31H41N3O5. The molecule has 1 unspecified atom stereocenters. The van der Waals surface area contributed by atoms with Gasteiger partial charge in [0.05, 0.1) is 20.1 Å². The second-order valence-corrected chi connectivity index (χ2v) is 11.0. The highest BCUT2D eigenvalue weighted by Gasteiger charge is 2.52. The third-order valence-electron chi connectivity index (χ3n) is 7.74. The van der Waals surface area contributed by atoms with Gasteiger partial charge in [0.25, 0.3) is 5.91 Å². The van der Waals surface area contributed by atoms with Crippen molar-refractivity contribution in [3.05, 3.63) is 65.2 Å². The average Bonchev–Trinajstić information content (AvgIpc) is 3.14. The second kappa shape index (κ2) is 12.6. The summed E-state index contributed by atoms with van der Waals surface area (Å²) in [5, 5.41) is 3.03. The van der Waals surface area contributed by atoms with E-state index in [1.807, 2.05) is 45.0 Å². The Labute approximate surface area is 231 Å². The number of aryl methyl sites for hydroxylation is 1. The molecule has 2 aromatic rings. The fourth-order valence-corrected chi connectivity index (χ4v) is 5.71. The Hall–Kier alpha value is -3.39. The van der Waals surface area contributed by atoms with Gasteiger partial charge in [-0.15, -0.1) is 0 Å². The highest BCUT2D eigenvalue weighted by molar-refractivity contribution is 6.07. The fourth-order valence-electron chi connectivity index (χ4n) is 5.71. The van der Waals surface area contributed by atoms with Gasteiger partial charge < -0.3 is 14.8 Å².